The quantitative estimate of drug-likeness (QED) is 0.777. The lowest BCUT2D eigenvalue weighted by Crippen LogP contribution is -2.41. The molecule has 18 heavy (non-hydrogen) atoms. The molecular weight excluding hydrogens is 252 g/mol. The molecule has 1 fully saturated rings. The molecule has 0 spiro atoms. The van der Waals surface area contributed by atoms with Crippen molar-refractivity contribution in [1.82, 2.24) is 9.88 Å². The summed E-state index contributed by atoms with van der Waals surface area (Å²) in [6, 6.07) is 0.117. The van der Waals surface area contributed by atoms with Crippen LogP contribution in [0.1, 0.15) is 47.8 Å². The average molecular weight is 271 g/mol. The van der Waals surface area contributed by atoms with Gasteiger partial charge in [-0.3, -0.25) is 4.79 Å². The molecule has 1 atom stereocenters. The van der Waals surface area contributed by atoms with E-state index in [1.165, 1.54) is 0 Å². The first-order valence-electron chi connectivity index (χ1n) is 6.44. The number of oxazole rings is 1. The highest BCUT2D eigenvalue weighted by Crippen LogP contribution is 2.21. The van der Waals surface area contributed by atoms with Crippen molar-refractivity contribution in [3.63, 3.8) is 0 Å². The summed E-state index contributed by atoms with van der Waals surface area (Å²) >= 11 is 5.98. The number of amides is 1. The van der Waals surface area contributed by atoms with Gasteiger partial charge in [0.15, 0.2) is 5.89 Å². The SMILES string of the molecule is Cc1nc(C)c(C(=O)N2CCCCCC2CCl)o1. The molecule has 1 aromatic rings. The van der Waals surface area contributed by atoms with Crippen LogP contribution in [0.25, 0.3) is 0 Å². The minimum absolute atomic E-state index is 0.0688. The summed E-state index contributed by atoms with van der Waals surface area (Å²) in [6.07, 6.45) is 4.30. The summed E-state index contributed by atoms with van der Waals surface area (Å²) in [6.45, 7) is 4.32. The molecule has 1 saturated heterocycles. The van der Waals surface area contributed by atoms with Crippen LogP contribution in [0, 0.1) is 13.8 Å². The summed E-state index contributed by atoms with van der Waals surface area (Å²) < 4.78 is 5.42. The zero-order chi connectivity index (χ0) is 13.1. The van der Waals surface area contributed by atoms with Gasteiger partial charge in [0.05, 0.1) is 5.69 Å². The third kappa shape index (κ3) is 2.69. The summed E-state index contributed by atoms with van der Waals surface area (Å²) in [5, 5.41) is 0. The number of alkyl halides is 1. The van der Waals surface area contributed by atoms with E-state index in [2.05, 4.69) is 4.98 Å². The highest BCUT2D eigenvalue weighted by Gasteiger charge is 2.29. The Kier molecular flexibility index (Phi) is 4.27. The highest BCUT2D eigenvalue weighted by molar-refractivity contribution is 6.18. The van der Waals surface area contributed by atoms with Gasteiger partial charge in [0.2, 0.25) is 5.76 Å². The Morgan fingerprint density at radius 2 is 2.22 bits per heavy atom. The van der Waals surface area contributed by atoms with E-state index in [9.17, 15) is 4.79 Å². The van der Waals surface area contributed by atoms with Gasteiger partial charge in [-0.2, -0.15) is 0 Å². The molecule has 4 nitrogen and oxygen atoms in total. The first-order valence-corrected chi connectivity index (χ1v) is 6.98. The normalized spacial score (nSPS) is 20.8. The van der Waals surface area contributed by atoms with Gasteiger partial charge >= 0.3 is 0 Å². The Balaban J connectivity index is 2.22. The van der Waals surface area contributed by atoms with Crippen molar-refractivity contribution in [1.29, 1.82) is 0 Å². The van der Waals surface area contributed by atoms with E-state index in [1.54, 1.807) is 13.8 Å². The van der Waals surface area contributed by atoms with Gasteiger partial charge in [0, 0.05) is 25.4 Å². The molecule has 0 aromatic carbocycles. The van der Waals surface area contributed by atoms with E-state index in [0.29, 0.717) is 23.2 Å². The molecule has 2 heterocycles. The molecular formula is C13H19ClN2O2. The van der Waals surface area contributed by atoms with Crippen LogP contribution >= 0.6 is 11.6 Å². The fraction of sp³-hybridized carbons (Fsp3) is 0.692. The predicted octanol–water partition coefficient (Wildman–Crippen LogP) is 2.92. The van der Waals surface area contributed by atoms with E-state index in [4.69, 9.17) is 16.0 Å². The Morgan fingerprint density at radius 1 is 1.44 bits per heavy atom. The van der Waals surface area contributed by atoms with Gasteiger partial charge in [-0.25, -0.2) is 4.98 Å². The molecule has 0 N–H and O–H groups in total. The maximum absolute atomic E-state index is 12.5. The molecule has 5 heteroatoms. The number of hydrogen-bond acceptors (Lipinski definition) is 3. The number of carbonyl (C=O) groups is 1. The average Bonchev–Trinajstić information content (AvgIpc) is 2.56. The predicted molar refractivity (Wildman–Crippen MR) is 70.0 cm³/mol. The van der Waals surface area contributed by atoms with Crippen molar-refractivity contribution in [2.24, 2.45) is 0 Å². The van der Waals surface area contributed by atoms with Crippen molar-refractivity contribution in [3.05, 3.63) is 17.3 Å². The minimum Gasteiger partial charge on any atom is -0.436 e. The van der Waals surface area contributed by atoms with Crippen molar-refractivity contribution in [2.45, 2.75) is 45.6 Å². The highest BCUT2D eigenvalue weighted by atomic mass is 35.5. The number of halogens is 1. The zero-order valence-electron chi connectivity index (χ0n) is 10.9. The van der Waals surface area contributed by atoms with Crippen molar-refractivity contribution in [2.75, 3.05) is 12.4 Å². The van der Waals surface area contributed by atoms with Crippen LogP contribution in [-0.4, -0.2) is 34.3 Å². The summed E-state index contributed by atoms with van der Waals surface area (Å²) in [4.78, 5) is 18.5. The van der Waals surface area contributed by atoms with E-state index >= 15 is 0 Å². The summed E-state index contributed by atoms with van der Waals surface area (Å²) in [5.41, 5.74) is 0.662. The van der Waals surface area contributed by atoms with Crippen molar-refractivity contribution in [3.8, 4) is 0 Å². The Labute approximate surface area is 112 Å². The van der Waals surface area contributed by atoms with E-state index in [0.717, 1.165) is 32.2 Å². The molecule has 1 amide bonds. The minimum atomic E-state index is -0.0688. The van der Waals surface area contributed by atoms with E-state index < -0.39 is 0 Å². The van der Waals surface area contributed by atoms with Crippen LogP contribution < -0.4 is 0 Å². The number of hydrogen-bond donors (Lipinski definition) is 0. The van der Waals surface area contributed by atoms with Crippen LogP contribution in [0.3, 0.4) is 0 Å². The second-order valence-electron chi connectivity index (χ2n) is 4.80. The molecule has 1 unspecified atom stereocenters. The van der Waals surface area contributed by atoms with E-state index in [1.807, 2.05) is 4.90 Å². The molecule has 0 saturated carbocycles. The fourth-order valence-electron chi connectivity index (χ4n) is 2.47. The molecule has 1 aromatic heterocycles. The third-order valence-corrected chi connectivity index (χ3v) is 3.77. The van der Waals surface area contributed by atoms with Crippen LogP contribution in [-0.2, 0) is 0 Å². The van der Waals surface area contributed by atoms with Gasteiger partial charge in [0.1, 0.15) is 0 Å². The second kappa shape index (κ2) is 5.74. The Bertz CT molecular complexity index is 431. The zero-order valence-corrected chi connectivity index (χ0v) is 11.7. The maximum atomic E-state index is 12.5. The smallest absolute Gasteiger partial charge is 0.291 e. The lowest BCUT2D eigenvalue weighted by atomic mass is 10.1. The summed E-state index contributed by atoms with van der Waals surface area (Å²) in [7, 11) is 0. The Hall–Kier alpha value is -1.03. The molecule has 1 aliphatic rings. The first-order chi connectivity index (χ1) is 8.63. The summed E-state index contributed by atoms with van der Waals surface area (Å²) in [5.74, 6) is 1.32. The number of nitrogens with zero attached hydrogens (tertiary/aromatic N) is 2. The van der Waals surface area contributed by atoms with Crippen LogP contribution in [0.5, 0.6) is 0 Å². The number of rotatable bonds is 2. The van der Waals surface area contributed by atoms with Gasteiger partial charge in [-0.1, -0.05) is 12.8 Å². The third-order valence-electron chi connectivity index (χ3n) is 3.41. The maximum Gasteiger partial charge on any atom is 0.291 e. The van der Waals surface area contributed by atoms with Gasteiger partial charge in [-0.15, -0.1) is 11.6 Å². The number of likely N-dealkylation sites (tertiary alicyclic amines) is 1. The van der Waals surface area contributed by atoms with Crippen molar-refractivity contribution < 1.29 is 9.21 Å². The van der Waals surface area contributed by atoms with Gasteiger partial charge in [-0.05, 0) is 19.8 Å². The molecule has 0 radical (unpaired) electrons. The van der Waals surface area contributed by atoms with Gasteiger partial charge in [0.25, 0.3) is 5.91 Å². The number of aromatic nitrogens is 1. The van der Waals surface area contributed by atoms with Crippen molar-refractivity contribution >= 4 is 17.5 Å². The molecule has 100 valence electrons. The first kappa shape index (κ1) is 13.4. The Morgan fingerprint density at radius 3 is 2.83 bits per heavy atom. The monoisotopic (exact) mass is 270 g/mol. The van der Waals surface area contributed by atoms with Crippen LogP contribution in [0.4, 0.5) is 0 Å². The van der Waals surface area contributed by atoms with Crippen LogP contribution in [0.15, 0.2) is 4.42 Å². The van der Waals surface area contributed by atoms with E-state index in [-0.39, 0.29) is 11.9 Å². The topological polar surface area (TPSA) is 46.3 Å². The standard InChI is InChI=1S/C13H19ClN2O2/c1-9-12(18-10(2)15-9)13(17)16-7-5-3-4-6-11(16)8-14/h11H,3-8H2,1-2H3. The lowest BCUT2D eigenvalue weighted by Gasteiger charge is -2.27. The number of carbonyl (C=O) groups excluding carboxylic acids is 1. The largest absolute Gasteiger partial charge is 0.436 e. The fourth-order valence-corrected chi connectivity index (χ4v) is 2.79. The molecule has 1 aliphatic heterocycles. The lowest BCUT2D eigenvalue weighted by molar-refractivity contribution is 0.0665. The molecule has 2 rings (SSSR count). The second-order valence-corrected chi connectivity index (χ2v) is 5.11. The van der Waals surface area contributed by atoms with Crippen LogP contribution in [0.2, 0.25) is 0 Å². The molecule has 0 aliphatic carbocycles. The van der Waals surface area contributed by atoms with Gasteiger partial charge < -0.3 is 9.32 Å². The molecule has 0 bridgehead atoms. The number of aryl methyl sites for hydroxylation is 2.